The third-order valence-electron chi connectivity index (χ3n) is 2.54. The predicted octanol–water partition coefficient (Wildman–Crippen LogP) is 1.95. The number of anilines is 2. The molecule has 1 aromatic rings. The molecule has 0 heterocycles. The lowest BCUT2D eigenvalue weighted by molar-refractivity contribution is -0.128. The molecule has 0 aliphatic rings. The molecule has 0 atom stereocenters. The van der Waals surface area contributed by atoms with Gasteiger partial charge in [-0.1, -0.05) is 0 Å². The number of benzene rings is 1. The fourth-order valence-corrected chi connectivity index (χ4v) is 1.54. The van der Waals surface area contributed by atoms with E-state index in [9.17, 15) is 4.79 Å². The van der Waals surface area contributed by atoms with Crippen molar-refractivity contribution in [1.82, 2.24) is 4.90 Å². The summed E-state index contributed by atoms with van der Waals surface area (Å²) in [4.78, 5) is 13.0. The fourth-order valence-electron chi connectivity index (χ4n) is 1.54. The minimum absolute atomic E-state index is 0.0767. The number of carbonyl (C=O) groups excluding carboxylic acids is 1. The van der Waals surface area contributed by atoms with E-state index >= 15 is 0 Å². The summed E-state index contributed by atoms with van der Waals surface area (Å²) in [5.74, 6) is 0.764. The van der Waals surface area contributed by atoms with Gasteiger partial charge in [0.05, 0.1) is 11.8 Å². The van der Waals surface area contributed by atoms with Crippen LogP contribution < -0.4 is 15.8 Å². The molecule has 0 aliphatic heterocycles. The standard InChI is InChI=1S/C14H23N3O2/c1-10(2)19-13-9-11(5-6-12(13)15)16-8-7-14(18)17(3)4/h5-6,9-10,16H,7-8,15H2,1-4H3. The van der Waals surface area contributed by atoms with Crippen molar-refractivity contribution >= 4 is 17.3 Å². The van der Waals surface area contributed by atoms with Crippen molar-refractivity contribution in [2.75, 3.05) is 31.7 Å². The van der Waals surface area contributed by atoms with Crippen molar-refractivity contribution in [3.63, 3.8) is 0 Å². The van der Waals surface area contributed by atoms with Crippen LogP contribution in [0.4, 0.5) is 11.4 Å². The minimum atomic E-state index is 0.0767. The predicted molar refractivity (Wildman–Crippen MR) is 78.4 cm³/mol. The minimum Gasteiger partial charge on any atom is -0.489 e. The molecule has 0 unspecified atom stereocenters. The maximum absolute atomic E-state index is 11.4. The summed E-state index contributed by atoms with van der Waals surface area (Å²) in [6, 6.07) is 5.53. The number of ether oxygens (including phenoxy) is 1. The first-order valence-corrected chi connectivity index (χ1v) is 6.40. The number of carbonyl (C=O) groups is 1. The smallest absolute Gasteiger partial charge is 0.223 e. The Hall–Kier alpha value is -1.91. The molecule has 106 valence electrons. The van der Waals surface area contributed by atoms with Gasteiger partial charge in [0, 0.05) is 38.8 Å². The molecule has 5 heteroatoms. The first-order chi connectivity index (χ1) is 8.90. The number of hydrogen-bond donors (Lipinski definition) is 2. The van der Waals surface area contributed by atoms with E-state index in [2.05, 4.69) is 5.32 Å². The van der Waals surface area contributed by atoms with E-state index in [1.165, 1.54) is 0 Å². The Morgan fingerprint density at radius 3 is 2.68 bits per heavy atom. The van der Waals surface area contributed by atoms with Gasteiger partial charge in [0.2, 0.25) is 5.91 Å². The van der Waals surface area contributed by atoms with Crippen molar-refractivity contribution in [1.29, 1.82) is 0 Å². The quantitative estimate of drug-likeness (QED) is 0.771. The van der Waals surface area contributed by atoms with Gasteiger partial charge in [-0.25, -0.2) is 0 Å². The highest BCUT2D eigenvalue weighted by Crippen LogP contribution is 2.26. The Bertz CT molecular complexity index is 431. The van der Waals surface area contributed by atoms with Gasteiger partial charge in [-0.15, -0.1) is 0 Å². The average molecular weight is 265 g/mol. The highest BCUT2D eigenvalue weighted by atomic mass is 16.5. The zero-order valence-corrected chi connectivity index (χ0v) is 12.1. The summed E-state index contributed by atoms with van der Waals surface area (Å²) in [5, 5.41) is 3.19. The third kappa shape index (κ3) is 5.07. The molecule has 1 rings (SSSR count). The number of hydrogen-bond acceptors (Lipinski definition) is 4. The van der Waals surface area contributed by atoms with Crippen molar-refractivity contribution in [3.8, 4) is 5.75 Å². The van der Waals surface area contributed by atoms with Gasteiger partial charge < -0.3 is 20.7 Å². The topological polar surface area (TPSA) is 67.6 Å². The first kappa shape index (κ1) is 15.1. The lowest BCUT2D eigenvalue weighted by atomic mass is 10.2. The van der Waals surface area contributed by atoms with Crippen LogP contribution in [0.5, 0.6) is 5.75 Å². The first-order valence-electron chi connectivity index (χ1n) is 6.40. The Kier molecular flexibility index (Phi) is 5.48. The van der Waals surface area contributed by atoms with Crippen LogP contribution in [0.1, 0.15) is 20.3 Å². The zero-order valence-electron chi connectivity index (χ0n) is 12.1. The van der Waals surface area contributed by atoms with Gasteiger partial charge in [0.15, 0.2) is 0 Å². The normalized spacial score (nSPS) is 10.4. The molecule has 0 aromatic heterocycles. The molecule has 0 saturated heterocycles. The van der Waals surface area contributed by atoms with E-state index in [0.717, 1.165) is 5.69 Å². The second-order valence-electron chi connectivity index (χ2n) is 4.88. The summed E-state index contributed by atoms with van der Waals surface area (Å²) in [7, 11) is 3.50. The molecule has 3 N–H and O–H groups in total. The second kappa shape index (κ2) is 6.87. The largest absolute Gasteiger partial charge is 0.489 e. The molecule has 1 amide bonds. The molecule has 0 radical (unpaired) electrons. The summed E-state index contributed by atoms with van der Waals surface area (Å²) in [6.07, 6.45) is 0.533. The molecule has 0 aliphatic carbocycles. The van der Waals surface area contributed by atoms with E-state index < -0.39 is 0 Å². The van der Waals surface area contributed by atoms with Crippen LogP contribution in [0.25, 0.3) is 0 Å². The lowest BCUT2D eigenvalue weighted by Crippen LogP contribution is -2.23. The molecular formula is C14H23N3O2. The maximum Gasteiger partial charge on any atom is 0.223 e. The monoisotopic (exact) mass is 265 g/mol. The van der Waals surface area contributed by atoms with Crippen molar-refractivity contribution < 1.29 is 9.53 Å². The second-order valence-corrected chi connectivity index (χ2v) is 4.88. The number of nitrogens with zero attached hydrogens (tertiary/aromatic N) is 1. The van der Waals surface area contributed by atoms with Gasteiger partial charge in [-0.2, -0.15) is 0 Å². The SMILES string of the molecule is CC(C)Oc1cc(NCCC(=O)N(C)C)ccc1N. The Labute approximate surface area is 114 Å². The molecule has 1 aromatic carbocycles. The number of nitrogen functional groups attached to an aromatic ring is 1. The van der Waals surface area contributed by atoms with Crippen LogP contribution in [0, 0.1) is 0 Å². The van der Waals surface area contributed by atoms with Crippen LogP contribution in [0.15, 0.2) is 18.2 Å². The Morgan fingerprint density at radius 1 is 1.42 bits per heavy atom. The van der Waals surface area contributed by atoms with Crippen molar-refractivity contribution in [3.05, 3.63) is 18.2 Å². The molecule has 5 nitrogen and oxygen atoms in total. The van der Waals surface area contributed by atoms with Crippen LogP contribution in [0.3, 0.4) is 0 Å². The summed E-state index contributed by atoms with van der Waals surface area (Å²) in [6.45, 7) is 4.49. The van der Waals surface area contributed by atoms with Crippen LogP contribution >= 0.6 is 0 Å². The summed E-state index contributed by atoms with van der Waals surface area (Å²) in [5.41, 5.74) is 7.35. The molecule has 0 spiro atoms. The third-order valence-corrected chi connectivity index (χ3v) is 2.54. The van der Waals surface area contributed by atoms with Crippen molar-refractivity contribution in [2.24, 2.45) is 0 Å². The molecule has 0 bridgehead atoms. The number of nitrogens with two attached hydrogens (primary N) is 1. The van der Waals surface area contributed by atoms with Crippen LogP contribution in [-0.2, 0) is 4.79 Å². The van der Waals surface area contributed by atoms with E-state index in [1.807, 2.05) is 26.0 Å². The van der Waals surface area contributed by atoms with Gasteiger partial charge in [0.1, 0.15) is 5.75 Å². The van der Waals surface area contributed by atoms with E-state index in [4.69, 9.17) is 10.5 Å². The average Bonchev–Trinajstić information content (AvgIpc) is 2.32. The van der Waals surface area contributed by atoms with E-state index in [-0.39, 0.29) is 12.0 Å². The molecular weight excluding hydrogens is 242 g/mol. The Morgan fingerprint density at radius 2 is 2.11 bits per heavy atom. The van der Waals surface area contributed by atoms with Crippen molar-refractivity contribution in [2.45, 2.75) is 26.4 Å². The number of nitrogens with one attached hydrogen (secondary N) is 1. The number of amides is 1. The maximum atomic E-state index is 11.4. The van der Waals surface area contributed by atoms with E-state index in [1.54, 1.807) is 25.1 Å². The van der Waals surface area contributed by atoms with Gasteiger partial charge in [0.25, 0.3) is 0 Å². The molecule has 19 heavy (non-hydrogen) atoms. The summed E-state index contributed by atoms with van der Waals surface area (Å²) >= 11 is 0. The molecule has 0 fully saturated rings. The fraction of sp³-hybridized carbons (Fsp3) is 0.500. The highest BCUT2D eigenvalue weighted by molar-refractivity contribution is 5.76. The van der Waals surface area contributed by atoms with Gasteiger partial charge in [-0.3, -0.25) is 4.79 Å². The summed E-state index contributed by atoms with van der Waals surface area (Å²) < 4.78 is 5.61. The van der Waals surface area contributed by atoms with Gasteiger partial charge in [-0.05, 0) is 26.0 Å². The van der Waals surface area contributed by atoms with Crippen LogP contribution in [-0.4, -0.2) is 37.6 Å². The Balaban J connectivity index is 2.57. The molecule has 0 saturated carbocycles. The van der Waals surface area contributed by atoms with E-state index in [0.29, 0.717) is 24.4 Å². The van der Waals surface area contributed by atoms with Gasteiger partial charge >= 0.3 is 0 Å². The lowest BCUT2D eigenvalue weighted by Gasteiger charge is -2.15. The highest BCUT2D eigenvalue weighted by Gasteiger charge is 2.06. The van der Waals surface area contributed by atoms with Crippen LogP contribution in [0.2, 0.25) is 0 Å². The zero-order chi connectivity index (χ0) is 14.4. The number of rotatable bonds is 6.